The molecule has 0 bridgehead atoms. The summed E-state index contributed by atoms with van der Waals surface area (Å²) in [5, 5.41) is 3.06. The minimum Gasteiger partial charge on any atom is -0.378 e. The molecule has 0 spiro atoms. The summed E-state index contributed by atoms with van der Waals surface area (Å²) in [6.45, 7) is 1.44. The van der Waals surface area contributed by atoms with E-state index in [-0.39, 0.29) is 6.10 Å². The van der Waals surface area contributed by atoms with Crippen LogP contribution in [0.5, 0.6) is 0 Å². The molecule has 1 aliphatic heterocycles. The Morgan fingerprint density at radius 3 is 3.36 bits per heavy atom. The predicted octanol–water partition coefficient (Wildman–Crippen LogP) is 1.36. The van der Waals surface area contributed by atoms with Crippen molar-refractivity contribution in [2.45, 2.75) is 12.7 Å². The lowest BCUT2D eigenvalue weighted by Gasteiger charge is -1.89. The summed E-state index contributed by atoms with van der Waals surface area (Å²) in [4.78, 5) is 4.33. The van der Waals surface area contributed by atoms with Gasteiger partial charge in [0, 0.05) is 12.5 Å². The van der Waals surface area contributed by atoms with E-state index >= 15 is 0 Å². The van der Waals surface area contributed by atoms with Gasteiger partial charge >= 0.3 is 0 Å². The van der Waals surface area contributed by atoms with E-state index < -0.39 is 0 Å². The highest BCUT2D eigenvalue weighted by molar-refractivity contribution is 7.09. The number of hydrogen-bond donors (Lipinski definition) is 0. The van der Waals surface area contributed by atoms with Crippen molar-refractivity contribution in [2.24, 2.45) is 0 Å². The predicted molar refractivity (Wildman–Crippen MR) is 41.5 cm³/mol. The summed E-state index contributed by atoms with van der Waals surface area (Å²) in [5.74, 6) is 0. The lowest BCUT2D eigenvalue weighted by molar-refractivity contribution is 0.184. The Labute approximate surface area is 69.0 Å². The third-order valence-electron chi connectivity index (χ3n) is 1.50. The van der Waals surface area contributed by atoms with Crippen molar-refractivity contribution in [3.05, 3.63) is 16.1 Å². The SMILES string of the molecule is COCc1nc([C@H]2CO2)cs1. The molecule has 0 radical (unpaired) electrons. The molecule has 1 atom stereocenters. The summed E-state index contributed by atoms with van der Waals surface area (Å²) in [6, 6.07) is 0. The van der Waals surface area contributed by atoms with Gasteiger partial charge in [-0.05, 0) is 0 Å². The molecule has 60 valence electrons. The second-order valence-electron chi connectivity index (χ2n) is 2.42. The van der Waals surface area contributed by atoms with Gasteiger partial charge in [0.05, 0.1) is 18.9 Å². The van der Waals surface area contributed by atoms with Crippen molar-refractivity contribution in [3.63, 3.8) is 0 Å². The molecule has 1 aromatic heterocycles. The number of thiazole rings is 1. The van der Waals surface area contributed by atoms with E-state index in [9.17, 15) is 0 Å². The van der Waals surface area contributed by atoms with Crippen LogP contribution >= 0.6 is 11.3 Å². The molecule has 3 nitrogen and oxygen atoms in total. The molecular formula is C7H9NO2S. The number of ether oxygens (including phenoxy) is 2. The monoisotopic (exact) mass is 171 g/mol. The maximum Gasteiger partial charge on any atom is 0.124 e. The van der Waals surface area contributed by atoms with Crippen molar-refractivity contribution in [3.8, 4) is 0 Å². The molecule has 2 rings (SSSR count). The molecule has 11 heavy (non-hydrogen) atoms. The third kappa shape index (κ3) is 1.58. The maximum atomic E-state index is 5.09. The quantitative estimate of drug-likeness (QED) is 0.644. The normalized spacial score (nSPS) is 22.1. The Morgan fingerprint density at radius 2 is 2.73 bits per heavy atom. The Kier molecular flexibility index (Phi) is 1.89. The zero-order chi connectivity index (χ0) is 7.68. The van der Waals surface area contributed by atoms with Crippen molar-refractivity contribution >= 4 is 11.3 Å². The molecule has 1 fully saturated rings. The van der Waals surface area contributed by atoms with Gasteiger partial charge in [0.25, 0.3) is 0 Å². The van der Waals surface area contributed by atoms with Crippen LogP contribution in [0.2, 0.25) is 0 Å². The van der Waals surface area contributed by atoms with Crippen LogP contribution in [0.4, 0.5) is 0 Å². The van der Waals surface area contributed by atoms with E-state index in [1.165, 1.54) is 0 Å². The standard InChI is InChI=1S/C7H9NO2S/c1-9-3-7-8-5(4-11-7)6-2-10-6/h4,6H,2-3H2,1H3/t6-/m1/s1. The van der Waals surface area contributed by atoms with Gasteiger partial charge in [-0.25, -0.2) is 4.98 Å². The largest absolute Gasteiger partial charge is 0.378 e. The Bertz CT molecular complexity index is 244. The number of rotatable bonds is 3. The van der Waals surface area contributed by atoms with Crippen LogP contribution in [0.15, 0.2) is 5.38 Å². The zero-order valence-corrected chi connectivity index (χ0v) is 7.06. The fourth-order valence-electron chi connectivity index (χ4n) is 0.882. The first kappa shape index (κ1) is 7.21. The molecule has 0 amide bonds. The fraction of sp³-hybridized carbons (Fsp3) is 0.571. The second-order valence-corrected chi connectivity index (χ2v) is 3.36. The van der Waals surface area contributed by atoms with Gasteiger partial charge in [0.2, 0.25) is 0 Å². The lowest BCUT2D eigenvalue weighted by atomic mass is 10.4. The first-order valence-electron chi connectivity index (χ1n) is 3.45. The van der Waals surface area contributed by atoms with Crippen LogP contribution in [0.1, 0.15) is 16.8 Å². The molecule has 0 aromatic carbocycles. The molecule has 1 aliphatic rings. The van der Waals surface area contributed by atoms with Gasteiger partial charge in [-0.1, -0.05) is 0 Å². The third-order valence-corrected chi connectivity index (χ3v) is 2.34. The average Bonchev–Trinajstić information content (AvgIpc) is 2.75. The van der Waals surface area contributed by atoms with E-state index in [1.807, 2.05) is 5.38 Å². The minimum absolute atomic E-state index is 0.275. The first-order chi connectivity index (χ1) is 5.40. The molecule has 0 saturated carbocycles. The zero-order valence-electron chi connectivity index (χ0n) is 6.24. The topological polar surface area (TPSA) is 34.6 Å². The molecule has 4 heteroatoms. The summed E-state index contributed by atoms with van der Waals surface area (Å²) >= 11 is 1.63. The van der Waals surface area contributed by atoms with Crippen molar-refractivity contribution in [1.82, 2.24) is 4.98 Å². The van der Waals surface area contributed by atoms with Crippen LogP contribution in [-0.2, 0) is 16.1 Å². The summed E-state index contributed by atoms with van der Waals surface area (Å²) in [5.41, 5.74) is 1.06. The van der Waals surface area contributed by atoms with Crippen LogP contribution < -0.4 is 0 Å². The van der Waals surface area contributed by atoms with Crippen LogP contribution in [0.25, 0.3) is 0 Å². The highest BCUT2D eigenvalue weighted by atomic mass is 32.1. The van der Waals surface area contributed by atoms with Crippen molar-refractivity contribution < 1.29 is 9.47 Å². The molecule has 1 saturated heterocycles. The number of epoxide rings is 1. The van der Waals surface area contributed by atoms with Gasteiger partial charge in [-0.2, -0.15) is 0 Å². The number of methoxy groups -OCH3 is 1. The van der Waals surface area contributed by atoms with Gasteiger partial charge in [-0.3, -0.25) is 0 Å². The lowest BCUT2D eigenvalue weighted by Crippen LogP contribution is -1.87. The van der Waals surface area contributed by atoms with Gasteiger partial charge < -0.3 is 9.47 Å². The highest BCUT2D eigenvalue weighted by Crippen LogP contribution is 2.30. The van der Waals surface area contributed by atoms with E-state index in [2.05, 4.69) is 4.98 Å². The van der Waals surface area contributed by atoms with Crippen molar-refractivity contribution in [2.75, 3.05) is 13.7 Å². The van der Waals surface area contributed by atoms with E-state index in [0.717, 1.165) is 17.3 Å². The van der Waals surface area contributed by atoms with Crippen LogP contribution in [0.3, 0.4) is 0 Å². The van der Waals surface area contributed by atoms with Gasteiger partial charge in [0.1, 0.15) is 11.1 Å². The smallest absolute Gasteiger partial charge is 0.124 e. The summed E-state index contributed by atoms with van der Waals surface area (Å²) in [7, 11) is 1.68. The van der Waals surface area contributed by atoms with E-state index in [4.69, 9.17) is 9.47 Å². The average molecular weight is 171 g/mol. The molecule has 2 heterocycles. The number of nitrogens with zero attached hydrogens (tertiary/aromatic N) is 1. The Balaban J connectivity index is 2.06. The molecule has 0 aliphatic carbocycles. The number of hydrogen-bond acceptors (Lipinski definition) is 4. The van der Waals surface area contributed by atoms with Gasteiger partial charge in [0.15, 0.2) is 0 Å². The minimum atomic E-state index is 0.275. The highest BCUT2D eigenvalue weighted by Gasteiger charge is 2.27. The molecule has 0 N–H and O–H groups in total. The Hall–Kier alpha value is -0.450. The van der Waals surface area contributed by atoms with Gasteiger partial charge in [-0.15, -0.1) is 11.3 Å². The first-order valence-corrected chi connectivity index (χ1v) is 4.33. The molecular weight excluding hydrogens is 162 g/mol. The van der Waals surface area contributed by atoms with E-state index in [0.29, 0.717) is 6.61 Å². The summed E-state index contributed by atoms with van der Waals surface area (Å²) < 4.78 is 10.0. The maximum absolute atomic E-state index is 5.09. The van der Waals surface area contributed by atoms with Crippen molar-refractivity contribution in [1.29, 1.82) is 0 Å². The number of aromatic nitrogens is 1. The fourth-order valence-corrected chi connectivity index (χ4v) is 1.69. The van der Waals surface area contributed by atoms with Crippen LogP contribution in [-0.4, -0.2) is 18.7 Å². The second kappa shape index (κ2) is 2.89. The molecule has 0 unspecified atom stereocenters. The van der Waals surface area contributed by atoms with E-state index in [1.54, 1.807) is 18.4 Å². The molecule has 1 aromatic rings. The van der Waals surface area contributed by atoms with Crippen LogP contribution in [0, 0.1) is 0 Å². The Morgan fingerprint density at radius 1 is 1.91 bits per heavy atom. The summed E-state index contributed by atoms with van der Waals surface area (Å²) in [6.07, 6.45) is 0.275.